The molecular weight excluding hydrogens is 450 g/mol. The van der Waals surface area contributed by atoms with Crippen LogP contribution in [0.3, 0.4) is 0 Å². The molecule has 2 aromatic carbocycles. The van der Waals surface area contributed by atoms with Crippen LogP contribution in [0.4, 0.5) is 5.69 Å². The van der Waals surface area contributed by atoms with Crippen LogP contribution in [-0.2, 0) is 15.1 Å². The SMILES string of the molecule is CC1(c2ccccc2)OC(CC(SC[C@@H](O)[C@@H](O)CS)c2ccccc2[N+](=O)[O-])=CC1=O. The number of thiol groups is 1. The number of nitrogens with zero attached hydrogens (tertiary/aromatic N) is 1. The molecule has 0 aromatic heterocycles. The molecule has 0 radical (unpaired) electrons. The summed E-state index contributed by atoms with van der Waals surface area (Å²) in [5.41, 5.74) is -0.0281. The lowest BCUT2D eigenvalue weighted by Crippen LogP contribution is -2.30. The fourth-order valence-corrected chi connectivity index (χ4v) is 5.05. The molecule has 0 amide bonds. The second-order valence-electron chi connectivity index (χ2n) is 7.64. The van der Waals surface area contributed by atoms with Crippen LogP contribution < -0.4 is 0 Å². The number of allylic oxidation sites excluding steroid dienone is 1. The number of hydrogen-bond donors (Lipinski definition) is 3. The Morgan fingerprint density at radius 2 is 1.78 bits per heavy atom. The van der Waals surface area contributed by atoms with E-state index in [0.29, 0.717) is 11.3 Å². The van der Waals surface area contributed by atoms with E-state index >= 15 is 0 Å². The molecule has 0 aliphatic carbocycles. The minimum Gasteiger partial charge on any atom is -0.479 e. The highest BCUT2D eigenvalue weighted by atomic mass is 32.2. The predicted octanol–water partition coefficient (Wildman–Crippen LogP) is 3.81. The number of carbonyl (C=O) groups excluding carboxylic acids is 1. The van der Waals surface area contributed by atoms with Gasteiger partial charge in [-0.25, -0.2) is 0 Å². The van der Waals surface area contributed by atoms with Crippen molar-refractivity contribution in [1.82, 2.24) is 0 Å². The van der Waals surface area contributed by atoms with Gasteiger partial charge in [0.2, 0.25) is 5.78 Å². The van der Waals surface area contributed by atoms with Crippen molar-refractivity contribution in [3.8, 4) is 0 Å². The Balaban J connectivity index is 1.86. The lowest BCUT2D eigenvalue weighted by Gasteiger charge is -2.26. The van der Waals surface area contributed by atoms with Crippen LogP contribution in [0.2, 0.25) is 0 Å². The molecule has 7 nitrogen and oxygen atoms in total. The second-order valence-corrected chi connectivity index (χ2v) is 9.24. The maximum absolute atomic E-state index is 12.8. The van der Waals surface area contributed by atoms with Crippen molar-refractivity contribution in [1.29, 1.82) is 0 Å². The van der Waals surface area contributed by atoms with E-state index in [9.17, 15) is 25.1 Å². The zero-order valence-electron chi connectivity index (χ0n) is 17.5. The molecule has 2 aromatic rings. The van der Waals surface area contributed by atoms with Crippen molar-refractivity contribution in [3.63, 3.8) is 0 Å². The second kappa shape index (κ2) is 10.5. The minimum atomic E-state index is -1.16. The first-order valence-corrected chi connectivity index (χ1v) is 11.8. The largest absolute Gasteiger partial charge is 0.479 e. The summed E-state index contributed by atoms with van der Waals surface area (Å²) in [6.45, 7) is 1.70. The predicted molar refractivity (Wildman–Crippen MR) is 127 cm³/mol. The summed E-state index contributed by atoms with van der Waals surface area (Å²) in [7, 11) is 0. The summed E-state index contributed by atoms with van der Waals surface area (Å²) in [5.74, 6) is 0.447. The molecule has 0 fully saturated rings. The number of para-hydroxylation sites is 1. The average molecular weight is 476 g/mol. The molecule has 0 saturated carbocycles. The van der Waals surface area contributed by atoms with Gasteiger partial charge in [0.25, 0.3) is 5.69 Å². The summed E-state index contributed by atoms with van der Waals surface area (Å²) in [4.78, 5) is 23.9. The topological polar surface area (TPSA) is 110 Å². The molecule has 1 aliphatic rings. The molecule has 1 heterocycles. The average Bonchev–Trinajstić information content (AvgIpc) is 3.10. The number of aliphatic hydroxyl groups is 2. The van der Waals surface area contributed by atoms with Crippen molar-refractivity contribution in [2.75, 3.05) is 11.5 Å². The first-order valence-electron chi connectivity index (χ1n) is 10.1. The van der Waals surface area contributed by atoms with E-state index in [0.717, 1.165) is 5.56 Å². The van der Waals surface area contributed by atoms with E-state index in [4.69, 9.17) is 4.74 Å². The highest BCUT2D eigenvalue weighted by Gasteiger charge is 2.42. The molecule has 2 unspecified atom stereocenters. The molecule has 1 aliphatic heterocycles. The van der Waals surface area contributed by atoms with Crippen LogP contribution in [0.1, 0.15) is 29.7 Å². The molecule has 3 rings (SSSR count). The zero-order valence-corrected chi connectivity index (χ0v) is 19.2. The molecule has 170 valence electrons. The van der Waals surface area contributed by atoms with Crippen molar-refractivity contribution < 1.29 is 24.7 Å². The van der Waals surface area contributed by atoms with Gasteiger partial charge in [-0.3, -0.25) is 14.9 Å². The Morgan fingerprint density at radius 3 is 2.44 bits per heavy atom. The number of carbonyl (C=O) groups is 1. The van der Waals surface area contributed by atoms with Crippen LogP contribution >= 0.6 is 24.4 Å². The lowest BCUT2D eigenvalue weighted by molar-refractivity contribution is -0.385. The molecule has 32 heavy (non-hydrogen) atoms. The zero-order chi connectivity index (χ0) is 23.3. The van der Waals surface area contributed by atoms with Gasteiger partial charge in [-0.2, -0.15) is 24.4 Å². The summed E-state index contributed by atoms with van der Waals surface area (Å²) in [6.07, 6.45) is -0.401. The van der Waals surface area contributed by atoms with Crippen LogP contribution in [0.15, 0.2) is 66.4 Å². The Morgan fingerprint density at radius 1 is 1.12 bits per heavy atom. The normalized spacial score (nSPS) is 20.9. The van der Waals surface area contributed by atoms with Crippen molar-refractivity contribution in [2.45, 2.75) is 36.4 Å². The van der Waals surface area contributed by atoms with E-state index < -0.39 is 28.0 Å². The van der Waals surface area contributed by atoms with Gasteiger partial charge >= 0.3 is 0 Å². The molecule has 0 bridgehead atoms. The minimum absolute atomic E-state index is 0.0509. The van der Waals surface area contributed by atoms with Gasteiger partial charge in [-0.15, -0.1) is 0 Å². The fourth-order valence-electron chi connectivity index (χ4n) is 3.50. The molecule has 0 spiro atoms. The van der Waals surface area contributed by atoms with Gasteiger partial charge in [-0.1, -0.05) is 48.5 Å². The third-order valence-corrected chi connectivity index (χ3v) is 7.12. The highest BCUT2D eigenvalue weighted by molar-refractivity contribution is 7.99. The Bertz CT molecular complexity index is 999. The summed E-state index contributed by atoms with van der Waals surface area (Å²) >= 11 is 5.26. The number of benzene rings is 2. The number of ether oxygens (including phenoxy) is 1. The Kier molecular flexibility index (Phi) is 8.00. The number of ketones is 1. The molecule has 0 saturated heterocycles. The third kappa shape index (κ3) is 5.35. The monoisotopic (exact) mass is 475 g/mol. The number of rotatable bonds is 10. The highest BCUT2D eigenvalue weighted by Crippen LogP contribution is 2.44. The van der Waals surface area contributed by atoms with Gasteiger partial charge < -0.3 is 14.9 Å². The summed E-state index contributed by atoms with van der Waals surface area (Å²) < 4.78 is 6.08. The van der Waals surface area contributed by atoms with E-state index in [1.54, 1.807) is 25.1 Å². The number of aliphatic hydroxyl groups excluding tert-OH is 2. The van der Waals surface area contributed by atoms with Crippen molar-refractivity contribution >= 4 is 35.9 Å². The van der Waals surface area contributed by atoms with Crippen LogP contribution in [0.5, 0.6) is 0 Å². The van der Waals surface area contributed by atoms with Crippen LogP contribution in [0.25, 0.3) is 0 Å². The number of hydrogen-bond acceptors (Lipinski definition) is 8. The van der Waals surface area contributed by atoms with Gasteiger partial charge in [0.15, 0.2) is 5.60 Å². The fraction of sp³-hybridized carbons (Fsp3) is 0.348. The number of thioether (sulfide) groups is 1. The number of nitro groups is 1. The number of nitro benzene ring substituents is 1. The standard InChI is InChI=1S/C23H25NO6S2/c1-23(15-7-3-2-4-8-15)22(27)12-16(30-23)11-21(32-14-20(26)19(25)13-31)17-9-5-6-10-18(17)24(28)29/h2-10,12,19-21,25-26,31H,11,13-14H2,1H3/t19-,20+,21?,23?/m0/s1. The van der Waals surface area contributed by atoms with Crippen LogP contribution in [-0.4, -0.2) is 44.6 Å². The first-order chi connectivity index (χ1) is 15.3. The van der Waals surface area contributed by atoms with Crippen LogP contribution in [0, 0.1) is 10.1 Å². The Labute approximate surface area is 196 Å². The molecular formula is C23H25NO6S2. The maximum atomic E-state index is 12.8. The van der Waals surface area contributed by atoms with Crippen molar-refractivity contribution in [3.05, 3.63) is 87.7 Å². The molecule has 2 N–H and O–H groups in total. The summed E-state index contributed by atoms with van der Waals surface area (Å²) in [5, 5.41) is 31.1. The Hall–Kier alpha value is -2.33. The van der Waals surface area contributed by atoms with Gasteiger partial charge in [0.1, 0.15) is 5.76 Å². The van der Waals surface area contributed by atoms with Crippen molar-refractivity contribution in [2.24, 2.45) is 0 Å². The van der Waals surface area contributed by atoms with E-state index in [1.165, 1.54) is 23.9 Å². The van der Waals surface area contributed by atoms with Gasteiger partial charge in [0.05, 0.1) is 17.1 Å². The van der Waals surface area contributed by atoms with E-state index in [1.807, 2.05) is 30.3 Å². The maximum Gasteiger partial charge on any atom is 0.273 e. The van der Waals surface area contributed by atoms with E-state index in [2.05, 4.69) is 12.6 Å². The quantitative estimate of drug-likeness (QED) is 0.272. The smallest absolute Gasteiger partial charge is 0.273 e. The third-order valence-electron chi connectivity index (χ3n) is 5.39. The summed E-state index contributed by atoms with van der Waals surface area (Å²) in [6, 6.07) is 15.5. The van der Waals surface area contributed by atoms with E-state index in [-0.39, 0.29) is 29.4 Å². The lowest BCUT2D eigenvalue weighted by atomic mass is 9.92. The first kappa shape index (κ1) is 24.3. The molecule has 9 heteroatoms. The molecule has 4 atom stereocenters. The van der Waals surface area contributed by atoms with Gasteiger partial charge in [-0.05, 0) is 6.92 Å². The van der Waals surface area contributed by atoms with Gasteiger partial charge in [0, 0.05) is 46.4 Å².